The van der Waals surface area contributed by atoms with Crippen molar-refractivity contribution in [3.05, 3.63) is 38.9 Å². The van der Waals surface area contributed by atoms with Crippen molar-refractivity contribution in [1.82, 2.24) is 0 Å². The van der Waals surface area contributed by atoms with Gasteiger partial charge in [-0.2, -0.15) is 0 Å². The van der Waals surface area contributed by atoms with Crippen molar-refractivity contribution in [2.24, 2.45) is 0 Å². The summed E-state index contributed by atoms with van der Waals surface area (Å²) in [5.74, 6) is 0. The van der Waals surface area contributed by atoms with Gasteiger partial charge in [0, 0.05) is 6.07 Å². The second-order valence-electron chi connectivity index (χ2n) is 3.57. The van der Waals surface area contributed by atoms with Crippen molar-refractivity contribution >= 4 is 17.3 Å². The topological polar surface area (TPSA) is 52.4 Å². The average Bonchev–Trinajstić information content (AvgIpc) is 2.27. The molecule has 1 atom stereocenters. The van der Waals surface area contributed by atoms with Gasteiger partial charge in [-0.1, -0.05) is 24.6 Å². The fourth-order valence-corrected chi connectivity index (χ4v) is 1.33. The molecule has 0 aliphatic rings. The number of hydrogen-bond acceptors (Lipinski definition) is 3. The van der Waals surface area contributed by atoms with Crippen molar-refractivity contribution in [3.8, 4) is 0 Å². The van der Waals surface area contributed by atoms with Crippen LogP contribution >= 0.6 is 11.6 Å². The third-order valence-electron chi connectivity index (χ3n) is 2.32. The number of nitrogens with zero attached hydrogens (tertiary/aromatic N) is 1. The zero-order valence-corrected chi connectivity index (χ0v) is 10.0. The largest absolute Gasteiger partial charge is 0.374 e. The van der Waals surface area contributed by atoms with Crippen LogP contribution in [0.1, 0.15) is 25.8 Å². The molecule has 88 valence electrons. The van der Waals surface area contributed by atoms with Gasteiger partial charge in [0.2, 0.25) is 0 Å². The summed E-state index contributed by atoms with van der Waals surface area (Å²) >= 11 is 5.70. The molecule has 0 saturated heterocycles. The smallest absolute Gasteiger partial charge is 0.288 e. The number of nitro groups is 1. The van der Waals surface area contributed by atoms with Gasteiger partial charge < -0.3 is 4.74 Å². The second-order valence-corrected chi connectivity index (χ2v) is 3.98. The highest BCUT2D eigenvalue weighted by molar-refractivity contribution is 6.32. The molecule has 16 heavy (non-hydrogen) atoms. The Balaban J connectivity index is 2.75. The quantitative estimate of drug-likeness (QED) is 0.587. The number of ether oxygens (including phenoxy) is 1. The minimum absolute atomic E-state index is 0.0769. The maximum absolute atomic E-state index is 10.6. The first kappa shape index (κ1) is 12.9. The monoisotopic (exact) mass is 243 g/mol. The number of rotatable bonds is 5. The van der Waals surface area contributed by atoms with Crippen molar-refractivity contribution in [2.75, 3.05) is 0 Å². The molecule has 0 radical (unpaired) electrons. The van der Waals surface area contributed by atoms with Crippen molar-refractivity contribution in [2.45, 2.75) is 33.0 Å². The van der Waals surface area contributed by atoms with Crippen LogP contribution in [0, 0.1) is 10.1 Å². The second kappa shape index (κ2) is 5.82. The molecular formula is C11H14ClNO3. The Bertz CT molecular complexity index is 381. The molecule has 0 aliphatic heterocycles. The molecule has 4 nitrogen and oxygen atoms in total. The summed E-state index contributed by atoms with van der Waals surface area (Å²) in [6.07, 6.45) is 1.06. The molecule has 0 fully saturated rings. The lowest BCUT2D eigenvalue weighted by Gasteiger charge is -2.10. The minimum atomic E-state index is -0.491. The molecule has 5 heteroatoms. The Morgan fingerprint density at radius 1 is 1.56 bits per heavy atom. The molecule has 0 bridgehead atoms. The maximum atomic E-state index is 10.6. The normalized spacial score (nSPS) is 12.4. The van der Waals surface area contributed by atoms with E-state index in [1.807, 2.05) is 13.8 Å². The summed E-state index contributed by atoms with van der Waals surface area (Å²) < 4.78 is 5.49. The molecular weight excluding hydrogens is 230 g/mol. The van der Waals surface area contributed by atoms with Gasteiger partial charge in [-0.15, -0.1) is 0 Å². The van der Waals surface area contributed by atoms with Crippen molar-refractivity contribution in [1.29, 1.82) is 0 Å². The molecule has 1 aromatic carbocycles. The van der Waals surface area contributed by atoms with Crippen LogP contribution in [0.25, 0.3) is 0 Å². The Labute approximate surface area is 99.3 Å². The van der Waals surface area contributed by atoms with Gasteiger partial charge in [0.1, 0.15) is 5.02 Å². The van der Waals surface area contributed by atoms with Gasteiger partial charge in [-0.3, -0.25) is 10.1 Å². The summed E-state index contributed by atoms with van der Waals surface area (Å²) in [7, 11) is 0. The molecule has 0 N–H and O–H groups in total. The summed E-state index contributed by atoms with van der Waals surface area (Å²) in [5, 5.41) is 10.8. The van der Waals surface area contributed by atoms with Crippen LogP contribution in [0.5, 0.6) is 0 Å². The van der Waals surface area contributed by atoms with E-state index >= 15 is 0 Å². The van der Waals surface area contributed by atoms with Crippen LogP contribution in [0.3, 0.4) is 0 Å². The predicted octanol–water partition coefficient (Wildman–Crippen LogP) is 3.56. The lowest BCUT2D eigenvalue weighted by Crippen LogP contribution is -2.06. The van der Waals surface area contributed by atoms with E-state index in [-0.39, 0.29) is 16.8 Å². The lowest BCUT2D eigenvalue weighted by molar-refractivity contribution is -0.384. The van der Waals surface area contributed by atoms with Gasteiger partial charge in [-0.25, -0.2) is 0 Å². The van der Waals surface area contributed by atoms with E-state index in [9.17, 15) is 10.1 Å². The molecule has 0 aromatic heterocycles. The fraction of sp³-hybridized carbons (Fsp3) is 0.455. The summed E-state index contributed by atoms with van der Waals surface area (Å²) in [6, 6.07) is 4.71. The van der Waals surface area contributed by atoms with E-state index in [2.05, 4.69) is 0 Å². The minimum Gasteiger partial charge on any atom is -0.374 e. The molecule has 1 aromatic rings. The molecule has 1 rings (SSSR count). The molecule has 1 unspecified atom stereocenters. The Hall–Kier alpha value is -1.13. The Morgan fingerprint density at radius 2 is 2.25 bits per heavy atom. The van der Waals surface area contributed by atoms with E-state index < -0.39 is 4.92 Å². The lowest BCUT2D eigenvalue weighted by atomic mass is 10.2. The third-order valence-corrected chi connectivity index (χ3v) is 2.64. The van der Waals surface area contributed by atoms with E-state index in [1.54, 1.807) is 6.07 Å². The van der Waals surface area contributed by atoms with Crippen molar-refractivity contribution < 1.29 is 9.66 Å². The predicted molar refractivity (Wildman–Crippen MR) is 62.6 cm³/mol. The van der Waals surface area contributed by atoms with E-state index in [0.29, 0.717) is 6.61 Å². The maximum Gasteiger partial charge on any atom is 0.288 e. The summed E-state index contributed by atoms with van der Waals surface area (Å²) in [6.45, 7) is 4.35. The van der Waals surface area contributed by atoms with Gasteiger partial charge >= 0.3 is 0 Å². The molecule has 0 amide bonds. The fourth-order valence-electron chi connectivity index (χ4n) is 1.14. The zero-order valence-electron chi connectivity index (χ0n) is 9.27. The van der Waals surface area contributed by atoms with Crippen LogP contribution in [-0.2, 0) is 11.3 Å². The molecule has 0 aliphatic carbocycles. The third kappa shape index (κ3) is 3.47. The highest BCUT2D eigenvalue weighted by Crippen LogP contribution is 2.25. The van der Waals surface area contributed by atoms with E-state index in [4.69, 9.17) is 16.3 Å². The van der Waals surface area contributed by atoms with Gasteiger partial charge in [0.15, 0.2) is 0 Å². The summed E-state index contributed by atoms with van der Waals surface area (Å²) in [5.41, 5.74) is 0.684. The SMILES string of the molecule is CCC(C)OCc1ccc(Cl)c([N+](=O)[O-])c1. The first-order chi connectivity index (χ1) is 7.54. The van der Waals surface area contributed by atoms with Crippen LogP contribution in [0.2, 0.25) is 5.02 Å². The summed E-state index contributed by atoms with van der Waals surface area (Å²) in [4.78, 5) is 10.2. The number of hydrogen-bond donors (Lipinski definition) is 0. The highest BCUT2D eigenvalue weighted by Gasteiger charge is 2.12. The first-order valence-electron chi connectivity index (χ1n) is 5.09. The first-order valence-corrected chi connectivity index (χ1v) is 5.46. The van der Waals surface area contributed by atoms with Gasteiger partial charge in [-0.05, 0) is 25.0 Å². The average molecular weight is 244 g/mol. The van der Waals surface area contributed by atoms with Crippen LogP contribution in [0.4, 0.5) is 5.69 Å². The van der Waals surface area contributed by atoms with Gasteiger partial charge in [0.05, 0.1) is 17.6 Å². The zero-order chi connectivity index (χ0) is 12.1. The Kier molecular flexibility index (Phi) is 4.71. The standard InChI is InChI=1S/C11H14ClNO3/c1-3-8(2)16-7-9-4-5-10(12)11(6-9)13(14)15/h4-6,8H,3,7H2,1-2H3. The molecule has 0 saturated carbocycles. The number of halogens is 1. The van der Waals surface area contributed by atoms with Crippen LogP contribution < -0.4 is 0 Å². The van der Waals surface area contributed by atoms with Crippen molar-refractivity contribution in [3.63, 3.8) is 0 Å². The molecule has 0 spiro atoms. The highest BCUT2D eigenvalue weighted by atomic mass is 35.5. The number of benzene rings is 1. The van der Waals surface area contributed by atoms with E-state index in [0.717, 1.165) is 12.0 Å². The van der Waals surface area contributed by atoms with Gasteiger partial charge in [0.25, 0.3) is 5.69 Å². The Morgan fingerprint density at radius 3 is 2.81 bits per heavy atom. The van der Waals surface area contributed by atoms with Crippen LogP contribution in [-0.4, -0.2) is 11.0 Å². The van der Waals surface area contributed by atoms with Crippen LogP contribution in [0.15, 0.2) is 18.2 Å². The van der Waals surface area contributed by atoms with E-state index in [1.165, 1.54) is 12.1 Å². The number of nitro benzene ring substituents is 1. The molecule has 0 heterocycles.